The molecule has 0 unspecified atom stereocenters. The lowest BCUT2D eigenvalue weighted by Gasteiger charge is -2.08. The van der Waals surface area contributed by atoms with E-state index >= 15 is 0 Å². The molecule has 0 aromatic carbocycles. The van der Waals surface area contributed by atoms with E-state index in [0.29, 0.717) is 59.3 Å². The van der Waals surface area contributed by atoms with Gasteiger partial charge in [0.15, 0.2) is 0 Å². The molecule has 0 saturated carbocycles. The number of esters is 1. The standard InChI is InChI=1S/C29H58O6/c1-3-5-7-9-10-11-12-13-14-16-18-20-31-21-22-32-23-24-33-25-26-34-27-28-35-29(30)19-17-15-8-6-4-2/h3-28H2,1-2H3. The molecule has 210 valence electrons. The molecule has 0 atom stereocenters. The molecule has 0 spiro atoms. The fourth-order valence-electron chi connectivity index (χ4n) is 3.79. The monoisotopic (exact) mass is 502 g/mol. The molecular formula is C29H58O6. The van der Waals surface area contributed by atoms with Crippen LogP contribution in [0.1, 0.15) is 123 Å². The zero-order valence-corrected chi connectivity index (χ0v) is 23.3. The van der Waals surface area contributed by atoms with E-state index in [1.165, 1.54) is 83.5 Å². The Balaban J connectivity index is 3.08. The van der Waals surface area contributed by atoms with E-state index in [4.69, 9.17) is 23.7 Å². The van der Waals surface area contributed by atoms with E-state index in [-0.39, 0.29) is 5.97 Å². The first-order valence-electron chi connectivity index (χ1n) is 14.8. The second-order valence-corrected chi connectivity index (χ2v) is 9.37. The Kier molecular flexibility index (Phi) is 30.7. The van der Waals surface area contributed by atoms with Crippen LogP contribution in [0, 0.1) is 0 Å². The molecule has 0 aromatic heterocycles. The predicted octanol–water partition coefficient (Wildman–Crippen LogP) is 7.27. The fourth-order valence-corrected chi connectivity index (χ4v) is 3.79. The maximum Gasteiger partial charge on any atom is 0.305 e. The minimum Gasteiger partial charge on any atom is -0.463 e. The highest BCUT2D eigenvalue weighted by molar-refractivity contribution is 5.69. The molecule has 0 bridgehead atoms. The van der Waals surface area contributed by atoms with Crippen LogP contribution in [-0.2, 0) is 28.5 Å². The van der Waals surface area contributed by atoms with Crippen LogP contribution in [0.15, 0.2) is 0 Å². The highest BCUT2D eigenvalue weighted by Crippen LogP contribution is 2.11. The summed E-state index contributed by atoms with van der Waals surface area (Å²) in [6.45, 7) is 9.42. The molecule has 0 aliphatic heterocycles. The first-order valence-corrected chi connectivity index (χ1v) is 14.8. The first-order chi connectivity index (χ1) is 17.3. The Morgan fingerprint density at radius 1 is 0.400 bits per heavy atom. The van der Waals surface area contributed by atoms with Gasteiger partial charge in [0.2, 0.25) is 0 Å². The van der Waals surface area contributed by atoms with Gasteiger partial charge < -0.3 is 23.7 Å². The van der Waals surface area contributed by atoms with Gasteiger partial charge in [-0.05, 0) is 12.8 Å². The third-order valence-electron chi connectivity index (χ3n) is 5.98. The number of rotatable bonds is 30. The highest BCUT2D eigenvalue weighted by Gasteiger charge is 2.02. The van der Waals surface area contributed by atoms with Gasteiger partial charge in [0.05, 0.1) is 46.2 Å². The first kappa shape index (κ1) is 34.3. The normalized spacial score (nSPS) is 11.3. The van der Waals surface area contributed by atoms with Gasteiger partial charge in [-0.3, -0.25) is 4.79 Å². The number of carbonyl (C=O) groups is 1. The van der Waals surface area contributed by atoms with E-state index in [1.807, 2.05) is 0 Å². The average Bonchev–Trinajstić information content (AvgIpc) is 2.86. The quantitative estimate of drug-likeness (QED) is 0.0760. The molecular weight excluding hydrogens is 444 g/mol. The lowest BCUT2D eigenvalue weighted by Crippen LogP contribution is -2.14. The van der Waals surface area contributed by atoms with Crippen LogP contribution in [-0.4, -0.2) is 65.4 Å². The summed E-state index contributed by atoms with van der Waals surface area (Å²) in [7, 11) is 0. The Hall–Kier alpha value is -0.690. The third kappa shape index (κ3) is 31.3. The van der Waals surface area contributed by atoms with Crippen molar-refractivity contribution in [3.05, 3.63) is 0 Å². The van der Waals surface area contributed by atoms with Crippen LogP contribution in [0.25, 0.3) is 0 Å². The number of hydrogen-bond donors (Lipinski definition) is 0. The van der Waals surface area contributed by atoms with Gasteiger partial charge in [-0.2, -0.15) is 0 Å². The zero-order valence-electron chi connectivity index (χ0n) is 23.3. The average molecular weight is 503 g/mol. The minimum atomic E-state index is -0.124. The summed E-state index contributed by atoms with van der Waals surface area (Å²) in [5, 5.41) is 0. The van der Waals surface area contributed by atoms with E-state index < -0.39 is 0 Å². The van der Waals surface area contributed by atoms with Crippen molar-refractivity contribution in [1.82, 2.24) is 0 Å². The van der Waals surface area contributed by atoms with Crippen molar-refractivity contribution in [2.24, 2.45) is 0 Å². The predicted molar refractivity (Wildman–Crippen MR) is 144 cm³/mol. The lowest BCUT2D eigenvalue weighted by atomic mass is 10.1. The van der Waals surface area contributed by atoms with E-state index in [2.05, 4.69) is 13.8 Å². The topological polar surface area (TPSA) is 63.2 Å². The third-order valence-corrected chi connectivity index (χ3v) is 5.98. The van der Waals surface area contributed by atoms with Gasteiger partial charge in [-0.15, -0.1) is 0 Å². The Labute approximate surface area is 217 Å². The second kappa shape index (κ2) is 31.3. The summed E-state index contributed by atoms with van der Waals surface area (Å²) in [6, 6.07) is 0. The smallest absolute Gasteiger partial charge is 0.305 e. The van der Waals surface area contributed by atoms with Crippen molar-refractivity contribution in [3.8, 4) is 0 Å². The number of hydrogen-bond acceptors (Lipinski definition) is 6. The molecule has 0 rings (SSSR count). The van der Waals surface area contributed by atoms with Gasteiger partial charge in [0.25, 0.3) is 0 Å². The number of ether oxygens (including phenoxy) is 5. The van der Waals surface area contributed by atoms with Crippen LogP contribution >= 0.6 is 0 Å². The summed E-state index contributed by atoms with van der Waals surface area (Å²) in [5.41, 5.74) is 0. The SMILES string of the molecule is CCCCCCCCCCCCCOCCOCCOCCOCCOC(=O)CCCCCCC. The summed E-state index contributed by atoms with van der Waals surface area (Å²) in [5.74, 6) is -0.124. The van der Waals surface area contributed by atoms with E-state index in [0.717, 1.165) is 25.9 Å². The molecule has 0 fully saturated rings. The van der Waals surface area contributed by atoms with Gasteiger partial charge in [-0.1, -0.05) is 104 Å². The highest BCUT2D eigenvalue weighted by atomic mass is 16.6. The second-order valence-electron chi connectivity index (χ2n) is 9.37. The van der Waals surface area contributed by atoms with Crippen LogP contribution in [0.4, 0.5) is 0 Å². The molecule has 6 heteroatoms. The molecule has 0 aromatic rings. The Morgan fingerprint density at radius 2 is 0.743 bits per heavy atom. The van der Waals surface area contributed by atoms with Crippen molar-refractivity contribution in [2.45, 2.75) is 123 Å². The maximum atomic E-state index is 11.6. The van der Waals surface area contributed by atoms with Crippen LogP contribution in [0.2, 0.25) is 0 Å². The maximum absolute atomic E-state index is 11.6. The Morgan fingerprint density at radius 3 is 1.20 bits per heavy atom. The fraction of sp³-hybridized carbons (Fsp3) is 0.966. The van der Waals surface area contributed by atoms with Crippen molar-refractivity contribution >= 4 is 5.97 Å². The van der Waals surface area contributed by atoms with Crippen LogP contribution < -0.4 is 0 Å². The van der Waals surface area contributed by atoms with Crippen molar-refractivity contribution in [3.63, 3.8) is 0 Å². The zero-order chi connectivity index (χ0) is 25.5. The van der Waals surface area contributed by atoms with Crippen molar-refractivity contribution < 1.29 is 28.5 Å². The van der Waals surface area contributed by atoms with Gasteiger partial charge in [0.1, 0.15) is 6.61 Å². The Bertz CT molecular complexity index is 405. The molecule has 6 nitrogen and oxygen atoms in total. The van der Waals surface area contributed by atoms with E-state index in [9.17, 15) is 4.79 Å². The van der Waals surface area contributed by atoms with Crippen molar-refractivity contribution in [1.29, 1.82) is 0 Å². The molecule has 0 aliphatic carbocycles. The van der Waals surface area contributed by atoms with Gasteiger partial charge >= 0.3 is 5.97 Å². The van der Waals surface area contributed by atoms with Crippen LogP contribution in [0.3, 0.4) is 0 Å². The van der Waals surface area contributed by atoms with Crippen LogP contribution in [0.5, 0.6) is 0 Å². The number of unbranched alkanes of at least 4 members (excludes halogenated alkanes) is 14. The number of carbonyl (C=O) groups excluding carboxylic acids is 1. The molecule has 0 radical (unpaired) electrons. The van der Waals surface area contributed by atoms with Gasteiger partial charge in [-0.25, -0.2) is 0 Å². The molecule has 0 N–H and O–H groups in total. The molecule has 0 aliphatic rings. The largest absolute Gasteiger partial charge is 0.463 e. The lowest BCUT2D eigenvalue weighted by molar-refractivity contribution is -0.145. The van der Waals surface area contributed by atoms with E-state index in [1.54, 1.807) is 0 Å². The minimum absolute atomic E-state index is 0.124. The molecule has 0 amide bonds. The molecule has 35 heavy (non-hydrogen) atoms. The van der Waals surface area contributed by atoms with Crippen molar-refractivity contribution in [2.75, 3.05) is 59.5 Å². The molecule has 0 saturated heterocycles. The summed E-state index contributed by atoms with van der Waals surface area (Å²) in [6.07, 6.45) is 21.1. The summed E-state index contributed by atoms with van der Waals surface area (Å²) < 4.78 is 27.2. The molecule has 0 heterocycles. The summed E-state index contributed by atoms with van der Waals surface area (Å²) in [4.78, 5) is 11.6. The van der Waals surface area contributed by atoms with Gasteiger partial charge in [0, 0.05) is 13.0 Å². The summed E-state index contributed by atoms with van der Waals surface area (Å²) >= 11 is 0.